The zero-order chi connectivity index (χ0) is 15.1. The number of ether oxygens (including phenoxy) is 1. The summed E-state index contributed by atoms with van der Waals surface area (Å²) in [7, 11) is 0. The van der Waals surface area contributed by atoms with Gasteiger partial charge in [-0.25, -0.2) is 0 Å². The van der Waals surface area contributed by atoms with E-state index in [2.05, 4.69) is 43.4 Å². The van der Waals surface area contributed by atoms with Gasteiger partial charge in [0.15, 0.2) is 0 Å². The van der Waals surface area contributed by atoms with E-state index in [1.807, 2.05) is 0 Å². The van der Waals surface area contributed by atoms with Crippen molar-refractivity contribution in [3.8, 4) is 0 Å². The van der Waals surface area contributed by atoms with Gasteiger partial charge < -0.3 is 15.2 Å². The Hall–Kier alpha value is -0.900. The van der Waals surface area contributed by atoms with Gasteiger partial charge in [0.2, 0.25) is 0 Å². The first-order valence-electron chi connectivity index (χ1n) is 8.21. The van der Waals surface area contributed by atoms with Crippen molar-refractivity contribution in [2.24, 2.45) is 5.92 Å². The van der Waals surface area contributed by atoms with Crippen molar-refractivity contribution in [1.29, 1.82) is 0 Å². The van der Waals surface area contributed by atoms with Crippen LogP contribution in [0.15, 0.2) is 24.3 Å². The van der Waals surface area contributed by atoms with Gasteiger partial charge in [0, 0.05) is 25.6 Å². The molecule has 0 fully saturated rings. The van der Waals surface area contributed by atoms with E-state index in [0.29, 0.717) is 19.1 Å². The predicted molar refractivity (Wildman–Crippen MR) is 86.7 cm³/mol. The van der Waals surface area contributed by atoms with Crippen molar-refractivity contribution in [2.75, 3.05) is 26.3 Å². The Kier molecular flexibility index (Phi) is 6.68. The lowest BCUT2D eigenvalue weighted by atomic mass is 9.77. The van der Waals surface area contributed by atoms with Gasteiger partial charge in [0.05, 0.1) is 12.7 Å². The van der Waals surface area contributed by atoms with Gasteiger partial charge in [-0.2, -0.15) is 0 Å². The van der Waals surface area contributed by atoms with Gasteiger partial charge in [0.1, 0.15) is 0 Å². The first-order chi connectivity index (χ1) is 10.2. The van der Waals surface area contributed by atoms with Gasteiger partial charge in [-0.1, -0.05) is 38.1 Å². The van der Waals surface area contributed by atoms with Gasteiger partial charge >= 0.3 is 0 Å². The van der Waals surface area contributed by atoms with Crippen molar-refractivity contribution in [3.63, 3.8) is 0 Å². The maximum atomic E-state index is 9.87. The van der Waals surface area contributed by atoms with E-state index in [4.69, 9.17) is 4.74 Å². The second-order valence-electron chi connectivity index (χ2n) is 6.52. The molecular weight excluding hydrogens is 262 g/mol. The number of fused-ring (bicyclic) bond motifs is 1. The minimum atomic E-state index is -0.403. The van der Waals surface area contributed by atoms with Crippen LogP contribution in [-0.2, 0) is 11.2 Å². The molecule has 2 N–H and O–H groups in total. The number of hydrogen-bond acceptors (Lipinski definition) is 3. The van der Waals surface area contributed by atoms with Crippen LogP contribution < -0.4 is 5.32 Å². The molecule has 2 unspecified atom stereocenters. The number of hydrogen-bond donors (Lipinski definition) is 2. The van der Waals surface area contributed by atoms with E-state index in [-0.39, 0.29) is 0 Å². The molecule has 0 spiro atoms. The Morgan fingerprint density at radius 3 is 2.90 bits per heavy atom. The fraction of sp³-hybridized carbons (Fsp3) is 0.667. The summed E-state index contributed by atoms with van der Waals surface area (Å²) in [5.41, 5.74) is 2.93. The lowest BCUT2D eigenvalue weighted by Gasteiger charge is -2.30. The second-order valence-corrected chi connectivity index (χ2v) is 6.52. The normalized spacial score (nSPS) is 18.4. The summed E-state index contributed by atoms with van der Waals surface area (Å²) >= 11 is 0. The molecule has 1 aliphatic carbocycles. The van der Waals surface area contributed by atoms with Crippen LogP contribution in [0.2, 0.25) is 0 Å². The zero-order valence-electron chi connectivity index (χ0n) is 13.3. The van der Waals surface area contributed by atoms with E-state index >= 15 is 0 Å². The van der Waals surface area contributed by atoms with Crippen LogP contribution in [0.25, 0.3) is 0 Å². The number of nitrogens with one attached hydrogen (secondary N) is 1. The van der Waals surface area contributed by atoms with E-state index in [1.165, 1.54) is 17.5 Å². The average molecular weight is 291 g/mol. The van der Waals surface area contributed by atoms with E-state index < -0.39 is 6.10 Å². The Morgan fingerprint density at radius 1 is 1.33 bits per heavy atom. The molecule has 0 bridgehead atoms. The van der Waals surface area contributed by atoms with E-state index in [0.717, 1.165) is 31.9 Å². The second kappa shape index (κ2) is 8.52. The lowest BCUT2D eigenvalue weighted by Crippen LogP contribution is -2.35. The number of benzene rings is 1. The average Bonchev–Trinajstić information content (AvgIpc) is 2.43. The fourth-order valence-electron chi connectivity index (χ4n) is 2.84. The van der Waals surface area contributed by atoms with Crippen LogP contribution in [0.5, 0.6) is 0 Å². The Morgan fingerprint density at radius 2 is 2.14 bits per heavy atom. The van der Waals surface area contributed by atoms with Gasteiger partial charge in [-0.3, -0.25) is 0 Å². The smallest absolute Gasteiger partial charge is 0.0897 e. The third kappa shape index (κ3) is 5.42. The van der Waals surface area contributed by atoms with Crippen molar-refractivity contribution in [1.82, 2.24) is 5.32 Å². The summed E-state index contributed by atoms with van der Waals surface area (Å²) in [6, 6.07) is 8.61. The van der Waals surface area contributed by atoms with Gasteiger partial charge in [-0.15, -0.1) is 0 Å². The number of aliphatic hydroxyl groups excluding tert-OH is 1. The summed E-state index contributed by atoms with van der Waals surface area (Å²) in [6.45, 7) is 7.19. The summed E-state index contributed by atoms with van der Waals surface area (Å²) in [5, 5.41) is 13.2. The molecule has 0 saturated heterocycles. The maximum absolute atomic E-state index is 9.87. The molecule has 0 aliphatic heterocycles. The fourth-order valence-corrected chi connectivity index (χ4v) is 2.84. The standard InChI is InChI=1S/C18H29NO2/c1-14(2)6-5-9-21-13-17(20)12-19-11-16-10-15-7-3-4-8-18(15)16/h3-4,7-8,14,16-17,19-20H,5-6,9-13H2,1-2H3. The number of aliphatic hydroxyl groups is 1. The predicted octanol–water partition coefficient (Wildman–Crippen LogP) is 2.73. The molecule has 3 heteroatoms. The lowest BCUT2D eigenvalue weighted by molar-refractivity contribution is 0.0346. The Bertz CT molecular complexity index is 419. The van der Waals surface area contributed by atoms with Crippen molar-refractivity contribution >= 4 is 0 Å². The summed E-state index contributed by atoms with van der Waals surface area (Å²) < 4.78 is 5.51. The minimum Gasteiger partial charge on any atom is -0.389 e. The van der Waals surface area contributed by atoms with Crippen LogP contribution in [-0.4, -0.2) is 37.5 Å². The highest BCUT2D eigenvalue weighted by Gasteiger charge is 2.24. The van der Waals surface area contributed by atoms with Crippen LogP contribution in [0.3, 0.4) is 0 Å². The molecule has 21 heavy (non-hydrogen) atoms. The highest BCUT2D eigenvalue weighted by atomic mass is 16.5. The molecule has 118 valence electrons. The van der Waals surface area contributed by atoms with E-state index in [9.17, 15) is 5.11 Å². The topological polar surface area (TPSA) is 41.5 Å². The molecular formula is C18H29NO2. The molecule has 0 heterocycles. The third-order valence-corrected chi connectivity index (χ3v) is 4.11. The highest BCUT2D eigenvalue weighted by Crippen LogP contribution is 2.33. The summed E-state index contributed by atoms with van der Waals surface area (Å²) in [5.74, 6) is 1.34. The molecule has 3 nitrogen and oxygen atoms in total. The number of rotatable bonds is 10. The van der Waals surface area contributed by atoms with Crippen LogP contribution in [0.1, 0.15) is 43.7 Å². The highest BCUT2D eigenvalue weighted by molar-refractivity contribution is 5.40. The molecule has 0 amide bonds. The molecule has 2 atom stereocenters. The Balaban J connectivity index is 1.50. The molecule has 1 aromatic carbocycles. The van der Waals surface area contributed by atoms with Gasteiger partial charge in [0.25, 0.3) is 0 Å². The zero-order valence-corrected chi connectivity index (χ0v) is 13.3. The Labute approximate surface area is 128 Å². The van der Waals surface area contributed by atoms with Crippen LogP contribution in [0, 0.1) is 5.92 Å². The molecule has 0 radical (unpaired) electrons. The summed E-state index contributed by atoms with van der Waals surface area (Å²) in [4.78, 5) is 0. The quantitative estimate of drug-likeness (QED) is 0.651. The van der Waals surface area contributed by atoms with E-state index in [1.54, 1.807) is 0 Å². The molecule has 0 aromatic heterocycles. The van der Waals surface area contributed by atoms with Crippen LogP contribution in [0.4, 0.5) is 0 Å². The largest absolute Gasteiger partial charge is 0.389 e. The first-order valence-corrected chi connectivity index (χ1v) is 8.21. The van der Waals surface area contributed by atoms with Crippen LogP contribution >= 0.6 is 0 Å². The summed E-state index contributed by atoms with van der Waals surface area (Å²) in [6.07, 6.45) is 3.02. The molecule has 1 aromatic rings. The minimum absolute atomic E-state index is 0.403. The maximum Gasteiger partial charge on any atom is 0.0897 e. The monoisotopic (exact) mass is 291 g/mol. The first kappa shape index (κ1) is 16.5. The van der Waals surface area contributed by atoms with Crippen molar-refractivity contribution < 1.29 is 9.84 Å². The molecule has 0 saturated carbocycles. The third-order valence-electron chi connectivity index (χ3n) is 4.11. The van der Waals surface area contributed by atoms with Gasteiger partial charge in [-0.05, 0) is 36.3 Å². The van der Waals surface area contributed by atoms with Crippen molar-refractivity contribution in [2.45, 2.75) is 45.1 Å². The SMILES string of the molecule is CC(C)CCCOCC(O)CNCC1Cc2ccccc21. The van der Waals surface area contributed by atoms with Crippen molar-refractivity contribution in [3.05, 3.63) is 35.4 Å². The molecule has 1 aliphatic rings. The molecule has 2 rings (SSSR count).